The Morgan fingerprint density at radius 1 is 1.27 bits per heavy atom. The lowest BCUT2D eigenvalue weighted by atomic mass is 9.35. The number of Topliss-reactive ketones (excluding diaryl/α,β-unsaturated/α-hetero) is 2. The van der Waals surface area contributed by atoms with Gasteiger partial charge in [-0.15, -0.1) is 0 Å². The first-order chi connectivity index (χ1) is 12.3. The first-order valence-corrected chi connectivity index (χ1v) is 10.2. The van der Waals surface area contributed by atoms with E-state index >= 15 is 0 Å². The normalized spacial score (nSPS) is 51.2. The Kier molecular flexibility index (Phi) is 4.20. The number of aliphatic hydroxyl groups is 2. The number of hydrogen-bond donors (Lipinski definition) is 2. The lowest BCUT2D eigenvalue weighted by Crippen LogP contribution is -2.71. The molecule has 0 saturated heterocycles. The van der Waals surface area contributed by atoms with Gasteiger partial charge in [-0.25, -0.2) is 0 Å². The highest BCUT2D eigenvalue weighted by atomic mass is 16.3. The van der Waals surface area contributed by atoms with Gasteiger partial charge in [0.05, 0.1) is 12.0 Å². The van der Waals surface area contributed by atoms with Crippen molar-refractivity contribution in [2.24, 2.45) is 39.0 Å². The van der Waals surface area contributed by atoms with Crippen LogP contribution in [0.5, 0.6) is 0 Å². The van der Waals surface area contributed by atoms with Gasteiger partial charge in [0.2, 0.25) is 0 Å². The minimum atomic E-state index is -0.649. The van der Waals surface area contributed by atoms with Crippen LogP contribution in [-0.2, 0) is 9.59 Å². The molecule has 144 valence electrons. The molecule has 5 nitrogen and oxygen atoms in total. The molecule has 2 N–H and O–H groups in total. The average molecular weight is 361 g/mol. The fourth-order valence-corrected chi connectivity index (χ4v) is 7.46. The second-order valence-corrected chi connectivity index (χ2v) is 9.50. The van der Waals surface area contributed by atoms with E-state index in [0.717, 1.165) is 32.2 Å². The number of aliphatic imine (C=N–C) groups is 1. The molecule has 1 heterocycles. The van der Waals surface area contributed by atoms with E-state index in [1.54, 1.807) is 6.92 Å². The van der Waals surface area contributed by atoms with E-state index in [-0.39, 0.29) is 41.3 Å². The fourth-order valence-electron chi connectivity index (χ4n) is 7.46. The third kappa shape index (κ3) is 2.13. The highest BCUT2D eigenvalue weighted by molar-refractivity contribution is 6.01. The number of nitrogens with zero attached hydrogens (tertiary/aromatic N) is 1. The Balaban J connectivity index is 0.000000527. The van der Waals surface area contributed by atoms with Crippen molar-refractivity contribution in [3.05, 3.63) is 0 Å². The van der Waals surface area contributed by atoms with E-state index in [2.05, 4.69) is 13.1 Å². The fraction of sp³-hybridized carbons (Fsp3) is 0.857. The van der Waals surface area contributed by atoms with Crippen molar-refractivity contribution in [3.63, 3.8) is 0 Å². The topological polar surface area (TPSA) is 87.0 Å². The van der Waals surface area contributed by atoms with Crippen molar-refractivity contribution < 1.29 is 19.8 Å². The molecule has 0 unspecified atom stereocenters. The van der Waals surface area contributed by atoms with Gasteiger partial charge < -0.3 is 10.2 Å². The molecule has 5 fully saturated rings. The maximum Gasteiger partial charge on any atom is 0.140 e. The number of rotatable bonds is 0. The van der Waals surface area contributed by atoms with Gasteiger partial charge in [-0.1, -0.05) is 13.3 Å². The van der Waals surface area contributed by atoms with Crippen LogP contribution in [0.1, 0.15) is 58.8 Å². The van der Waals surface area contributed by atoms with Crippen molar-refractivity contribution >= 4 is 17.8 Å². The van der Waals surface area contributed by atoms with Crippen LogP contribution in [0, 0.1) is 34.0 Å². The Morgan fingerprint density at radius 2 is 2.00 bits per heavy atom. The number of hydrogen-bond acceptors (Lipinski definition) is 5. The number of fused-ring (bicyclic) bond motifs is 2. The summed E-state index contributed by atoms with van der Waals surface area (Å²) in [5.41, 5.74) is -0.542. The van der Waals surface area contributed by atoms with Gasteiger partial charge in [0.1, 0.15) is 11.6 Å². The smallest absolute Gasteiger partial charge is 0.140 e. The molecule has 1 spiro atoms. The minimum absolute atomic E-state index is 0.0821. The van der Waals surface area contributed by atoms with Gasteiger partial charge in [0, 0.05) is 49.0 Å². The summed E-state index contributed by atoms with van der Waals surface area (Å²) >= 11 is 0. The average Bonchev–Trinajstić information content (AvgIpc) is 2.56. The van der Waals surface area contributed by atoms with E-state index in [0.29, 0.717) is 12.3 Å². The van der Waals surface area contributed by atoms with Gasteiger partial charge in [0.15, 0.2) is 0 Å². The Bertz CT molecular complexity index is 660. The molecule has 0 amide bonds. The molecule has 0 aromatic carbocycles. The molecule has 6 rings (SSSR count). The third-order valence-electron chi connectivity index (χ3n) is 8.30. The van der Waals surface area contributed by atoms with Crippen LogP contribution in [0.2, 0.25) is 0 Å². The molecule has 5 aliphatic carbocycles. The Labute approximate surface area is 155 Å². The van der Waals surface area contributed by atoms with Crippen molar-refractivity contribution in [1.82, 2.24) is 0 Å². The molecular weight excluding hydrogens is 330 g/mol. The molecule has 26 heavy (non-hydrogen) atoms. The molecule has 5 heteroatoms. The summed E-state index contributed by atoms with van der Waals surface area (Å²) in [6.45, 7) is 5.16. The van der Waals surface area contributed by atoms with Crippen LogP contribution in [0.3, 0.4) is 0 Å². The highest BCUT2D eigenvalue weighted by Crippen LogP contribution is 2.70. The molecule has 6 aliphatic rings. The van der Waals surface area contributed by atoms with Gasteiger partial charge in [-0.2, -0.15) is 0 Å². The summed E-state index contributed by atoms with van der Waals surface area (Å²) in [5, 5.41) is 18.6. The molecule has 0 radical (unpaired) electrons. The first kappa shape index (κ1) is 18.3. The largest absolute Gasteiger partial charge is 0.397 e. The molecule has 0 aromatic heterocycles. The third-order valence-corrected chi connectivity index (χ3v) is 8.30. The summed E-state index contributed by atoms with van der Waals surface area (Å²) < 4.78 is 0. The van der Waals surface area contributed by atoms with Gasteiger partial charge >= 0.3 is 0 Å². The zero-order chi connectivity index (χ0) is 18.7. The molecule has 5 saturated carbocycles. The molecule has 4 bridgehead atoms. The van der Waals surface area contributed by atoms with Crippen molar-refractivity contribution in [3.8, 4) is 0 Å². The van der Waals surface area contributed by atoms with E-state index in [9.17, 15) is 14.7 Å². The minimum Gasteiger partial charge on any atom is -0.397 e. The van der Waals surface area contributed by atoms with Crippen LogP contribution in [0.25, 0.3) is 0 Å². The molecule has 0 aromatic rings. The number of aliphatic hydroxyl groups excluding tert-OH is 2. The second-order valence-electron chi connectivity index (χ2n) is 9.50. The number of carbonyl (C=O) groups is 2. The summed E-state index contributed by atoms with van der Waals surface area (Å²) in [6.07, 6.45) is 7.28. The highest BCUT2D eigenvalue weighted by Gasteiger charge is 2.72. The number of carbonyl (C=O) groups excluding carboxylic acids is 2. The number of ketones is 2. The van der Waals surface area contributed by atoms with Gasteiger partial charge in [-0.3, -0.25) is 14.6 Å². The van der Waals surface area contributed by atoms with Crippen molar-refractivity contribution in [1.29, 1.82) is 0 Å². The molecule has 1 aliphatic heterocycles. The van der Waals surface area contributed by atoms with Crippen molar-refractivity contribution in [2.45, 2.75) is 64.9 Å². The van der Waals surface area contributed by atoms with E-state index in [4.69, 9.17) is 10.1 Å². The Morgan fingerprint density at radius 3 is 2.73 bits per heavy atom. The van der Waals surface area contributed by atoms with Crippen LogP contribution >= 0.6 is 0 Å². The van der Waals surface area contributed by atoms with E-state index in [1.807, 2.05) is 0 Å². The molecule has 7 atom stereocenters. The predicted molar refractivity (Wildman–Crippen MR) is 97.9 cm³/mol. The maximum absolute atomic E-state index is 12.9. The zero-order valence-corrected chi connectivity index (χ0v) is 15.9. The summed E-state index contributed by atoms with van der Waals surface area (Å²) in [6, 6.07) is 0. The van der Waals surface area contributed by atoms with Crippen LogP contribution in [0.4, 0.5) is 0 Å². The first-order valence-electron chi connectivity index (χ1n) is 10.2. The monoisotopic (exact) mass is 361 g/mol. The Hall–Kier alpha value is -1.07. The summed E-state index contributed by atoms with van der Waals surface area (Å²) in [5.74, 6) is 0.340. The quantitative estimate of drug-likeness (QED) is 0.692. The maximum atomic E-state index is 12.9. The van der Waals surface area contributed by atoms with Crippen LogP contribution in [-0.4, -0.2) is 47.2 Å². The summed E-state index contributed by atoms with van der Waals surface area (Å²) in [7, 11) is 0. The predicted octanol–water partition coefficient (Wildman–Crippen LogP) is 2.18. The van der Waals surface area contributed by atoms with E-state index < -0.39 is 17.4 Å². The summed E-state index contributed by atoms with van der Waals surface area (Å²) in [4.78, 5) is 30.0. The lowest BCUT2D eigenvalue weighted by molar-refractivity contribution is -0.207. The van der Waals surface area contributed by atoms with Crippen molar-refractivity contribution in [2.75, 3.05) is 13.2 Å². The lowest BCUT2D eigenvalue weighted by Gasteiger charge is -2.68. The SMILES string of the molecule is CCO.C[C@]12CCC[C@]3(C=NC1)[C@@H]2CC[C@@]12CC(=O)[C@@H](CC1=O)[C@H](O)[C@H]23. The molecular formula is C21H31NO4. The zero-order valence-electron chi connectivity index (χ0n) is 15.9. The second kappa shape index (κ2) is 5.96. The van der Waals surface area contributed by atoms with Crippen LogP contribution in [0.15, 0.2) is 4.99 Å². The van der Waals surface area contributed by atoms with E-state index in [1.165, 1.54) is 6.42 Å². The van der Waals surface area contributed by atoms with Crippen LogP contribution < -0.4 is 0 Å². The van der Waals surface area contributed by atoms with Gasteiger partial charge in [-0.05, 0) is 43.9 Å². The van der Waals surface area contributed by atoms with Gasteiger partial charge in [0.25, 0.3) is 0 Å². The standard InChI is InChI=1S/C19H25NO3.C2H6O/c1-17-4-2-5-19(10-20-9-17)13(17)3-6-18-8-12(21)11(7-14(18)22)15(23)16(18)19;1-2-3/h10-11,13,15-16,23H,2-9H2,1H3;3H,2H2,1H3/t11-,13-,15+,16-,17+,18-,19+;/m1./s1.